The van der Waals surface area contributed by atoms with E-state index in [2.05, 4.69) is 9.48 Å². The van der Waals surface area contributed by atoms with Gasteiger partial charge >= 0.3 is 5.96 Å². The zero-order valence-electron chi connectivity index (χ0n) is 15.8. The molecular formula is C20H34Cl2N4. The number of unbranched alkanes of at least 4 members (excludes halogenated alkanes) is 5. The highest BCUT2D eigenvalue weighted by atomic mass is 35.5. The van der Waals surface area contributed by atoms with Gasteiger partial charge in [0.2, 0.25) is 0 Å². The molecule has 0 atom stereocenters. The quantitative estimate of drug-likeness (QED) is 0.247. The van der Waals surface area contributed by atoms with Gasteiger partial charge in [-0.1, -0.05) is 49.4 Å². The predicted octanol–water partition coefficient (Wildman–Crippen LogP) is 0.566. The minimum atomic E-state index is 0. The Hall–Kier alpha value is -0.970. The summed E-state index contributed by atoms with van der Waals surface area (Å²) in [7, 11) is 0. The molecule has 1 fully saturated rings. The Morgan fingerprint density at radius 3 is 2.12 bits per heavy atom. The molecule has 2 rings (SSSR count). The minimum Gasteiger partial charge on any atom is -1.00 e. The lowest BCUT2D eigenvalue weighted by Crippen LogP contribution is -3.00. The summed E-state index contributed by atoms with van der Waals surface area (Å²) in [4.78, 5) is 2.61. The first-order valence-electron chi connectivity index (χ1n) is 9.75. The van der Waals surface area contributed by atoms with Crippen LogP contribution in [0.3, 0.4) is 0 Å². The van der Waals surface area contributed by atoms with Crippen LogP contribution < -0.4 is 23.9 Å². The van der Waals surface area contributed by atoms with E-state index in [0.717, 1.165) is 24.5 Å². The Balaban J connectivity index is 0.00000338. The number of nitrogens with two attached hydrogens (primary N) is 2. The lowest BCUT2D eigenvalue weighted by atomic mass is 10.1. The normalized spacial score (nSPS) is 14.2. The first-order valence-corrected chi connectivity index (χ1v) is 10.1. The van der Waals surface area contributed by atoms with E-state index in [-0.39, 0.29) is 12.4 Å². The molecule has 1 aromatic carbocycles. The van der Waals surface area contributed by atoms with Gasteiger partial charge in [0.05, 0.1) is 13.1 Å². The molecule has 0 aromatic heterocycles. The van der Waals surface area contributed by atoms with Crippen LogP contribution in [0.25, 0.3) is 0 Å². The number of rotatable bonds is 11. The van der Waals surface area contributed by atoms with Crippen molar-refractivity contribution < 1.29 is 17.0 Å². The number of likely N-dealkylation sites (tertiary alicyclic amines) is 1. The maximum Gasteiger partial charge on any atom is 0.341 e. The van der Waals surface area contributed by atoms with E-state index in [1.165, 1.54) is 70.1 Å². The molecule has 0 unspecified atom stereocenters. The minimum absolute atomic E-state index is 0. The zero-order chi connectivity index (χ0) is 17.9. The Labute approximate surface area is 170 Å². The second-order valence-electron chi connectivity index (χ2n) is 7.14. The van der Waals surface area contributed by atoms with Crippen LogP contribution in [0.2, 0.25) is 5.02 Å². The van der Waals surface area contributed by atoms with Crippen LogP contribution in [0.4, 0.5) is 0 Å². The van der Waals surface area contributed by atoms with Crippen molar-refractivity contribution in [3.05, 3.63) is 34.9 Å². The third-order valence-electron chi connectivity index (χ3n) is 5.00. The van der Waals surface area contributed by atoms with Crippen LogP contribution in [0.5, 0.6) is 0 Å². The fourth-order valence-corrected chi connectivity index (χ4v) is 3.59. The molecule has 148 valence electrons. The number of hydrogen-bond acceptors (Lipinski definition) is 1. The van der Waals surface area contributed by atoms with Crippen molar-refractivity contribution in [2.24, 2.45) is 11.5 Å². The first kappa shape index (κ1) is 23.1. The lowest BCUT2D eigenvalue weighted by molar-refractivity contribution is -0.546. The molecule has 1 heterocycles. The van der Waals surface area contributed by atoms with Crippen LogP contribution in [0.1, 0.15) is 56.9 Å². The molecule has 0 amide bonds. The fraction of sp³-hybridized carbons (Fsp3) is 0.650. The van der Waals surface area contributed by atoms with Crippen LogP contribution in [-0.4, -0.2) is 41.6 Å². The molecule has 1 saturated heterocycles. The average Bonchev–Trinajstić information content (AvgIpc) is 3.11. The van der Waals surface area contributed by atoms with Gasteiger partial charge in [0.15, 0.2) is 0 Å². The summed E-state index contributed by atoms with van der Waals surface area (Å²) >= 11 is 5.93. The largest absolute Gasteiger partial charge is 1.00 e. The van der Waals surface area contributed by atoms with Gasteiger partial charge in [0, 0.05) is 5.02 Å². The van der Waals surface area contributed by atoms with E-state index in [4.69, 9.17) is 23.1 Å². The fourth-order valence-electron chi connectivity index (χ4n) is 3.46. The van der Waals surface area contributed by atoms with Gasteiger partial charge in [-0.15, -0.1) is 0 Å². The zero-order valence-corrected chi connectivity index (χ0v) is 17.3. The maximum absolute atomic E-state index is 5.93. The molecule has 1 aromatic rings. The first-order chi connectivity index (χ1) is 12.1. The van der Waals surface area contributed by atoms with Crippen molar-refractivity contribution >= 4 is 17.6 Å². The van der Waals surface area contributed by atoms with E-state index < -0.39 is 0 Å². The number of nitrogens with zero attached hydrogens (tertiary/aromatic N) is 2. The second kappa shape index (κ2) is 13.2. The Kier molecular flexibility index (Phi) is 11.7. The van der Waals surface area contributed by atoms with Crippen molar-refractivity contribution in [2.45, 2.75) is 57.9 Å². The van der Waals surface area contributed by atoms with E-state index in [9.17, 15) is 0 Å². The maximum atomic E-state index is 5.93. The smallest absolute Gasteiger partial charge is 0.341 e. The summed E-state index contributed by atoms with van der Waals surface area (Å²) in [6.45, 7) is 5.60. The van der Waals surface area contributed by atoms with Crippen molar-refractivity contribution in [3.63, 3.8) is 0 Å². The molecule has 1 aliphatic rings. The molecule has 1 aliphatic heterocycles. The molecule has 0 aliphatic carbocycles. The van der Waals surface area contributed by atoms with Crippen LogP contribution >= 0.6 is 11.6 Å². The molecule has 6 heteroatoms. The van der Waals surface area contributed by atoms with E-state index in [0.29, 0.717) is 5.96 Å². The highest BCUT2D eigenvalue weighted by Gasteiger charge is 2.10. The summed E-state index contributed by atoms with van der Waals surface area (Å²) in [5, 5.41) is 0.754. The Bertz CT molecular complexity index is 521. The van der Waals surface area contributed by atoms with E-state index >= 15 is 0 Å². The molecule has 0 radical (unpaired) electrons. The van der Waals surface area contributed by atoms with Gasteiger partial charge in [0.1, 0.15) is 0 Å². The number of guanidine groups is 1. The highest BCUT2D eigenvalue weighted by molar-refractivity contribution is 6.30. The van der Waals surface area contributed by atoms with Crippen molar-refractivity contribution in [2.75, 3.05) is 26.2 Å². The summed E-state index contributed by atoms with van der Waals surface area (Å²) in [5.41, 5.74) is 12.9. The van der Waals surface area contributed by atoms with Crippen LogP contribution in [0.15, 0.2) is 24.3 Å². The van der Waals surface area contributed by atoms with Gasteiger partial charge in [-0.25, -0.2) is 0 Å². The Morgan fingerprint density at radius 2 is 1.50 bits per heavy atom. The van der Waals surface area contributed by atoms with Gasteiger partial charge in [-0.3, -0.25) is 16.0 Å². The molecule has 0 saturated carbocycles. The standard InChI is InChI=1S/C20H33ClN4.ClH/c21-19-11-9-18(10-12-19)17-25(20(22)23)16-6-4-2-1-3-5-13-24-14-7-8-15-24;/h9-12H,1-8,13-17H2,(H3,22,23);1H. The van der Waals surface area contributed by atoms with Gasteiger partial charge < -0.3 is 17.3 Å². The highest BCUT2D eigenvalue weighted by Crippen LogP contribution is 2.12. The third kappa shape index (κ3) is 9.11. The number of hydrogen-bond donors (Lipinski definition) is 2. The summed E-state index contributed by atoms with van der Waals surface area (Å²) in [6, 6.07) is 7.87. The molecule has 4 nitrogen and oxygen atoms in total. The monoisotopic (exact) mass is 400 g/mol. The van der Waals surface area contributed by atoms with Gasteiger partial charge in [-0.2, -0.15) is 0 Å². The third-order valence-corrected chi connectivity index (χ3v) is 5.25. The molecule has 4 N–H and O–H groups in total. The van der Waals surface area contributed by atoms with E-state index in [1.54, 1.807) is 0 Å². The number of benzene rings is 1. The number of halogens is 2. The Morgan fingerprint density at radius 1 is 0.923 bits per heavy atom. The summed E-state index contributed by atoms with van der Waals surface area (Å²) in [5.74, 6) is 0.403. The van der Waals surface area contributed by atoms with Crippen molar-refractivity contribution in [1.29, 1.82) is 0 Å². The topological polar surface area (TPSA) is 58.3 Å². The summed E-state index contributed by atoms with van der Waals surface area (Å²) < 4.78 is 2.05. The molecular weight excluding hydrogens is 367 g/mol. The second-order valence-corrected chi connectivity index (χ2v) is 7.58. The lowest BCUT2D eigenvalue weighted by Gasteiger charge is -2.13. The predicted molar refractivity (Wildman–Crippen MR) is 107 cm³/mol. The van der Waals surface area contributed by atoms with Gasteiger partial charge in [-0.05, 0) is 63.0 Å². The SMILES string of the molecule is NC(N)=[N+](CCCCCCCCN1CCCC1)Cc1ccc(Cl)cc1.[Cl-]. The van der Waals surface area contributed by atoms with E-state index in [1.807, 2.05) is 24.3 Å². The van der Waals surface area contributed by atoms with Crippen LogP contribution in [0, 0.1) is 0 Å². The molecule has 0 spiro atoms. The van der Waals surface area contributed by atoms with Crippen LogP contribution in [-0.2, 0) is 6.54 Å². The average molecular weight is 401 g/mol. The molecule has 0 bridgehead atoms. The van der Waals surface area contributed by atoms with Crippen molar-refractivity contribution in [1.82, 2.24) is 4.90 Å². The van der Waals surface area contributed by atoms with Crippen molar-refractivity contribution in [3.8, 4) is 0 Å². The molecule has 26 heavy (non-hydrogen) atoms. The summed E-state index contributed by atoms with van der Waals surface area (Å²) in [6.07, 6.45) is 10.5. The van der Waals surface area contributed by atoms with Gasteiger partial charge in [0.25, 0.3) is 0 Å².